The van der Waals surface area contributed by atoms with Crippen LogP contribution in [-0.2, 0) is 13.1 Å². The van der Waals surface area contributed by atoms with E-state index in [1.54, 1.807) is 54.5 Å². The molecule has 0 saturated carbocycles. The molecule has 0 radical (unpaired) electrons. The number of likely N-dealkylation sites (N-methyl/N-ethyl adjacent to an activating group) is 1. The second kappa shape index (κ2) is 12.2. The average molecular weight is 548 g/mol. The predicted octanol–water partition coefficient (Wildman–Crippen LogP) is 4.75. The minimum Gasteiger partial charge on any atom is -0.496 e. The molecule has 5 rings (SSSR count). The SMILES string of the molecule is COc1ccc(CN2CCOc3ccccc3Oc3ncccc3C(=O)N(C)CC2)cc1Cn1cc(Cl)cn1. The van der Waals surface area contributed by atoms with Crippen LogP contribution >= 0.6 is 11.6 Å². The molecule has 0 unspecified atom stereocenters. The van der Waals surface area contributed by atoms with Gasteiger partial charge in [-0.05, 0) is 42.0 Å². The number of fused-ring (bicyclic) bond motifs is 2. The summed E-state index contributed by atoms with van der Waals surface area (Å²) in [6.07, 6.45) is 5.01. The highest BCUT2D eigenvalue weighted by Crippen LogP contribution is 2.32. The molecule has 1 aliphatic rings. The molecule has 2 aromatic carbocycles. The summed E-state index contributed by atoms with van der Waals surface area (Å²) in [4.78, 5) is 21.6. The summed E-state index contributed by atoms with van der Waals surface area (Å²) in [6, 6.07) is 17.0. The molecule has 4 aromatic rings. The van der Waals surface area contributed by atoms with Gasteiger partial charge < -0.3 is 19.1 Å². The lowest BCUT2D eigenvalue weighted by molar-refractivity contribution is 0.0770. The number of amides is 1. The molecule has 1 amide bonds. The van der Waals surface area contributed by atoms with E-state index in [1.165, 1.54) is 0 Å². The van der Waals surface area contributed by atoms with Gasteiger partial charge in [0.2, 0.25) is 5.88 Å². The van der Waals surface area contributed by atoms with Crippen molar-refractivity contribution in [2.45, 2.75) is 13.1 Å². The first kappa shape index (κ1) is 26.5. The average Bonchev–Trinajstić information content (AvgIpc) is 3.36. The highest BCUT2D eigenvalue weighted by atomic mass is 35.5. The molecule has 2 aromatic heterocycles. The van der Waals surface area contributed by atoms with Crippen LogP contribution in [-0.4, -0.2) is 70.9 Å². The predicted molar refractivity (Wildman–Crippen MR) is 148 cm³/mol. The smallest absolute Gasteiger partial charge is 0.259 e. The van der Waals surface area contributed by atoms with Gasteiger partial charge in [-0.15, -0.1) is 0 Å². The van der Waals surface area contributed by atoms with Crippen LogP contribution in [0.1, 0.15) is 21.5 Å². The number of carbonyl (C=O) groups excluding carboxylic acids is 1. The maximum Gasteiger partial charge on any atom is 0.259 e. The largest absolute Gasteiger partial charge is 0.496 e. The fourth-order valence-electron chi connectivity index (χ4n) is 4.46. The Morgan fingerprint density at radius 1 is 1.03 bits per heavy atom. The third-order valence-corrected chi connectivity index (χ3v) is 6.70. The minimum absolute atomic E-state index is 0.152. The van der Waals surface area contributed by atoms with Crippen LogP contribution in [0.2, 0.25) is 5.02 Å². The highest BCUT2D eigenvalue weighted by molar-refractivity contribution is 6.30. The lowest BCUT2D eigenvalue weighted by atomic mass is 10.1. The zero-order chi connectivity index (χ0) is 27.2. The Labute approximate surface area is 232 Å². The molecule has 0 atom stereocenters. The van der Waals surface area contributed by atoms with Crippen molar-refractivity contribution < 1.29 is 19.0 Å². The van der Waals surface area contributed by atoms with Gasteiger partial charge >= 0.3 is 0 Å². The van der Waals surface area contributed by atoms with Crippen LogP contribution in [0.3, 0.4) is 0 Å². The number of nitrogens with zero attached hydrogens (tertiary/aromatic N) is 5. The molecule has 0 fully saturated rings. The zero-order valence-corrected chi connectivity index (χ0v) is 22.7. The van der Waals surface area contributed by atoms with Crippen LogP contribution in [0, 0.1) is 0 Å². The van der Waals surface area contributed by atoms with E-state index in [-0.39, 0.29) is 11.8 Å². The van der Waals surface area contributed by atoms with Crippen molar-refractivity contribution in [2.75, 3.05) is 40.4 Å². The summed E-state index contributed by atoms with van der Waals surface area (Å²) in [5.74, 6) is 2.00. The van der Waals surface area contributed by atoms with Gasteiger partial charge in [0.05, 0.1) is 24.9 Å². The lowest BCUT2D eigenvalue weighted by Gasteiger charge is -2.26. The zero-order valence-electron chi connectivity index (χ0n) is 21.9. The number of hydrogen-bond acceptors (Lipinski definition) is 7. The summed E-state index contributed by atoms with van der Waals surface area (Å²) >= 11 is 6.06. The highest BCUT2D eigenvalue weighted by Gasteiger charge is 2.21. The van der Waals surface area contributed by atoms with E-state index in [1.807, 2.05) is 30.3 Å². The van der Waals surface area contributed by atoms with E-state index in [0.717, 1.165) is 16.9 Å². The molecule has 10 heteroatoms. The third kappa shape index (κ3) is 6.50. The van der Waals surface area contributed by atoms with Gasteiger partial charge in [-0.1, -0.05) is 29.8 Å². The summed E-state index contributed by atoms with van der Waals surface area (Å²) in [6.45, 7) is 3.47. The number of methoxy groups -OCH3 is 1. The van der Waals surface area contributed by atoms with Crippen LogP contribution < -0.4 is 14.2 Å². The van der Waals surface area contributed by atoms with Crippen LogP contribution in [0.15, 0.2) is 73.2 Å². The van der Waals surface area contributed by atoms with Gasteiger partial charge in [-0.3, -0.25) is 14.4 Å². The van der Waals surface area contributed by atoms with E-state index in [9.17, 15) is 4.79 Å². The number of halogens is 1. The Kier molecular flexibility index (Phi) is 8.29. The topological polar surface area (TPSA) is 82.0 Å². The maximum absolute atomic E-state index is 13.3. The number of aromatic nitrogens is 3. The van der Waals surface area contributed by atoms with E-state index in [0.29, 0.717) is 61.4 Å². The molecule has 0 aliphatic carbocycles. The number of benzene rings is 2. The molecule has 0 N–H and O–H groups in total. The fourth-order valence-corrected chi connectivity index (χ4v) is 4.61. The van der Waals surface area contributed by atoms with Crippen LogP contribution in [0.5, 0.6) is 23.1 Å². The van der Waals surface area contributed by atoms with Crippen LogP contribution in [0.25, 0.3) is 0 Å². The molecule has 0 bridgehead atoms. The molecule has 9 nitrogen and oxygen atoms in total. The molecule has 202 valence electrons. The van der Waals surface area contributed by atoms with Gasteiger partial charge in [0.15, 0.2) is 11.5 Å². The Balaban J connectivity index is 1.39. The first-order valence-corrected chi connectivity index (χ1v) is 13.0. The van der Waals surface area contributed by atoms with Gasteiger partial charge in [-0.2, -0.15) is 5.10 Å². The third-order valence-electron chi connectivity index (χ3n) is 6.51. The summed E-state index contributed by atoms with van der Waals surface area (Å²) in [7, 11) is 3.45. The van der Waals surface area contributed by atoms with Crippen molar-refractivity contribution in [1.82, 2.24) is 24.6 Å². The Bertz CT molecular complexity index is 1440. The Morgan fingerprint density at radius 3 is 2.67 bits per heavy atom. The Hall–Kier alpha value is -4.08. The second-order valence-electron chi connectivity index (χ2n) is 9.26. The van der Waals surface area contributed by atoms with Crippen molar-refractivity contribution in [3.05, 3.63) is 94.9 Å². The number of ether oxygens (including phenoxy) is 3. The molecule has 1 aliphatic heterocycles. The number of hydrogen-bond donors (Lipinski definition) is 0. The van der Waals surface area contributed by atoms with Crippen molar-refractivity contribution >= 4 is 17.5 Å². The number of para-hydroxylation sites is 2. The molecule has 0 spiro atoms. The van der Waals surface area contributed by atoms with Crippen molar-refractivity contribution in [2.24, 2.45) is 0 Å². The number of pyridine rings is 1. The van der Waals surface area contributed by atoms with Gasteiger partial charge in [-0.25, -0.2) is 4.98 Å². The quantitative estimate of drug-likeness (QED) is 0.357. The molecule has 3 heterocycles. The number of carbonyl (C=O) groups is 1. The lowest BCUT2D eigenvalue weighted by Crippen LogP contribution is -2.37. The van der Waals surface area contributed by atoms with E-state index in [2.05, 4.69) is 27.1 Å². The first-order valence-electron chi connectivity index (χ1n) is 12.7. The second-order valence-corrected chi connectivity index (χ2v) is 9.69. The van der Waals surface area contributed by atoms with Crippen molar-refractivity contribution in [3.8, 4) is 23.1 Å². The fraction of sp³-hybridized carbons (Fsp3) is 0.276. The van der Waals surface area contributed by atoms with E-state index >= 15 is 0 Å². The van der Waals surface area contributed by atoms with Gasteiger partial charge in [0, 0.05) is 51.2 Å². The summed E-state index contributed by atoms with van der Waals surface area (Å²) in [5.41, 5.74) is 2.51. The summed E-state index contributed by atoms with van der Waals surface area (Å²) in [5, 5.41) is 4.89. The molecular formula is C29H30ClN5O4. The maximum atomic E-state index is 13.3. The van der Waals surface area contributed by atoms with Gasteiger partial charge in [0.25, 0.3) is 5.91 Å². The standard InChI is InChI=1S/C29H30ClN5O4/c1-33-12-13-34(18-21-9-10-25(37-2)22(16-21)19-35-20-23(30)17-32-35)14-15-38-26-7-3-4-8-27(26)39-28-24(29(33)36)6-5-11-31-28/h3-11,16-17,20H,12-15,18-19H2,1-2H3. The van der Waals surface area contributed by atoms with Crippen molar-refractivity contribution in [3.63, 3.8) is 0 Å². The molecule has 39 heavy (non-hydrogen) atoms. The van der Waals surface area contributed by atoms with E-state index in [4.69, 9.17) is 25.8 Å². The first-order chi connectivity index (χ1) is 19.0. The minimum atomic E-state index is -0.152. The van der Waals surface area contributed by atoms with Crippen molar-refractivity contribution in [1.29, 1.82) is 0 Å². The summed E-state index contributed by atoms with van der Waals surface area (Å²) < 4.78 is 19.6. The molecular weight excluding hydrogens is 518 g/mol. The molecule has 0 saturated heterocycles. The monoisotopic (exact) mass is 547 g/mol. The van der Waals surface area contributed by atoms with Crippen LogP contribution in [0.4, 0.5) is 0 Å². The number of rotatable bonds is 5. The van der Waals surface area contributed by atoms with Gasteiger partial charge in [0.1, 0.15) is 17.9 Å². The Morgan fingerprint density at radius 2 is 1.87 bits per heavy atom. The van der Waals surface area contributed by atoms with E-state index < -0.39 is 0 Å². The normalized spacial score (nSPS) is 14.6.